The van der Waals surface area contributed by atoms with Gasteiger partial charge in [-0.05, 0) is 44.9 Å². The molecule has 36 heavy (non-hydrogen) atoms. The lowest BCUT2D eigenvalue weighted by molar-refractivity contribution is 0.0816. The molecule has 1 aliphatic carbocycles. The van der Waals surface area contributed by atoms with Gasteiger partial charge in [-0.3, -0.25) is 14.6 Å². The highest BCUT2D eigenvalue weighted by atomic mass is 16.5. The lowest BCUT2D eigenvalue weighted by Crippen LogP contribution is -2.49. The minimum Gasteiger partial charge on any atom is -0.424 e. The normalized spacial score (nSPS) is 21.6. The second-order valence-corrected chi connectivity index (χ2v) is 9.89. The molecule has 1 aromatic carbocycles. The lowest BCUT2D eigenvalue weighted by Gasteiger charge is -2.41. The number of hydrogen-bond acceptors (Lipinski definition) is 8. The molecule has 0 unspecified atom stereocenters. The van der Waals surface area contributed by atoms with E-state index in [1.807, 2.05) is 36.5 Å². The molecular weight excluding hydrogens is 452 g/mol. The summed E-state index contributed by atoms with van der Waals surface area (Å²) in [5, 5.41) is 5.97. The van der Waals surface area contributed by atoms with Crippen molar-refractivity contribution in [2.45, 2.75) is 37.8 Å². The van der Waals surface area contributed by atoms with Crippen molar-refractivity contribution in [3.8, 4) is 23.0 Å². The first-order valence-electron chi connectivity index (χ1n) is 12.8. The molecule has 1 saturated carbocycles. The van der Waals surface area contributed by atoms with Gasteiger partial charge in [-0.1, -0.05) is 18.2 Å². The first-order chi connectivity index (χ1) is 17.7. The maximum absolute atomic E-state index is 6.41. The van der Waals surface area contributed by atoms with Gasteiger partial charge in [0.1, 0.15) is 11.4 Å². The van der Waals surface area contributed by atoms with Crippen molar-refractivity contribution < 1.29 is 4.74 Å². The fourth-order valence-corrected chi connectivity index (χ4v) is 5.53. The average molecular weight is 485 g/mol. The van der Waals surface area contributed by atoms with Crippen molar-refractivity contribution in [2.75, 3.05) is 39.0 Å². The fraction of sp³-hybridized carbons (Fsp3) is 0.407. The van der Waals surface area contributed by atoms with E-state index in [1.165, 1.54) is 25.9 Å². The Hall–Kier alpha value is -3.56. The summed E-state index contributed by atoms with van der Waals surface area (Å²) in [7, 11) is 2.21. The molecule has 4 heterocycles. The molecule has 6 rings (SSSR count). The molecule has 9 nitrogen and oxygen atoms in total. The van der Waals surface area contributed by atoms with Crippen LogP contribution in [0.5, 0.6) is 11.8 Å². The van der Waals surface area contributed by atoms with E-state index in [4.69, 9.17) is 15.6 Å². The van der Waals surface area contributed by atoms with Crippen LogP contribution in [-0.2, 0) is 0 Å². The van der Waals surface area contributed by atoms with Crippen molar-refractivity contribution in [3.05, 3.63) is 55.1 Å². The number of rotatable bonds is 5. The van der Waals surface area contributed by atoms with Crippen molar-refractivity contribution in [1.29, 1.82) is 0 Å². The Bertz CT molecular complexity index is 1310. The van der Waals surface area contributed by atoms with Gasteiger partial charge < -0.3 is 15.4 Å². The Morgan fingerprint density at radius 1 is 0.861 bits per heavy atom. The van der Waals surface area contributed by atoms with Crippen molar-refractivity contribution in [2.24, 2.45) is 0 Å². The number of benzene rings is 1. The van der Waals surface area contributed by atoms with Crippen LogP contribution in [0.4, 0.5) is 5.69 Å². The Balaban J connectivity index is 1.24. The molecule has 186 valence electrons. The number of nitrogens with two attached hydrogens (primary N) is 1. The monoisotopic (exact) mass is 484 g/mol. The second kappa shape index (κ2) is 9.83. The zero-order valence-electron chi connectivity index (χ0n) is 20.6. The molecule has 3 aromatic heterocycles. The number of nitrogen functional groups attached to an aromatic ring is 1. The van der Waals surface area contributed by atoms with E-state index in [9.17, 15) is 0 Å². The van der Waals surface area contributed by atoms with E-state index in [0.29, 0.717) is 29.5 Å². The van der Waals surface area contributed by atoms with Crippen LogP contribution in [0.1, 0.15) is 31.7 Å². The Labute approximate surface area is 210 Å². The summed E-state index contributed by atoms with van der Waals surface area (Å²) in [6.45, 7) is 4.67. The van der Waals surface area contributed by atoms with Gasteiger partial charge in [0.15, 0.2) is 0 Å². The molecule has 9 heteroatoms. The number of hydrogen-bond donors (Lipinski definition) is 1. The summed E-state index contributed by atoms with van der Waals surface area (Å²) in [5.41, 5.74) is 9.59. The number of fused-ring (bicyclic) bond motifs is 1. The summed E-state index contributed by atoms with van der Waals surface area (Å²) < 4.78 is 7.90. The zero-order chi connectivity index (χ0) is 24.5. The van der Waals surface area contributed by atoms with Crippen LogP contribution >= 0.6 is 0 Å². The molecule has 0 atom stereocenters. The largest absolute Gasteiger partial charge is 0.424 e. The van der Waals surface area contributed by atoms with Crippen molar-refractivity contribution in [1.82, 2.24) is 34.5 Å². The third-order valence-electron chi connectivity index (χ3n) is 7.57. The minimum atomic E-state index is 0.297. The fourth-order valence-electron chi connectivity index (χ4n) is 5.53. The molecule has 2 N–H and O–H groups in total. The molecule has 0 amide bonds. The van der Waals surface area contributed by atoms with Crippen LogP contribution < -0.4 is 10.5 Å². The number of nitrogens with zero attached hydrogens (tertiary/aromatic N) is 7. The molecule has 1 saturated heterocycles. The number of ether oxygens (including phenoxy) is 1. The highest BCUT2D eigenvalue weighted by Gasteiger charge is 2.30. The minimum absolute atomic E-state index is 0.297. The van der Waals surface area contributed by atoms with Crippen molar-refractivity contribution >= 4 is 16.6 Å². The van der Waals surface area contributed by atoms with E-state index < -0.39 is 0 Å². The predicted octanol–water partition coefficient (Wildman–Crippen LogP) is 3.99. The van der Waals surface area contributed by atoms with E-state index in [-0.39, 0.29) is 0 Å². The number of para-hydroxylation sites is 1. The number of piperazine rings is 1. The predicted molar refractivity (Wildman–Crippen MR) is 140 cm³/mol. The van der Waals surface area contributed by atoms with E-state index in [1.54, 1.807) is 18.6 Å². The van der Waals surface area contributed by atoms with Gasteiger partial charge in [0.2, 0.25) is 0 Å². The van der Waals surface area contributed by atoms with Crippen molar-refractivity contribution in [3.63, 3.8) is 0 Å². The SMILES string of the molecule is CN1CCN(C2CCC(n3nc(-c4cnc(Oc5ccccc5)nc4)c4c(N)cncc43)CC2)CC1. The summed E-state index contributed by atoms with van der Waals surface area (Å²) in [6, 6.07) is 10.8. The molecule has 0 bridgehead atoms. The Morgan fingerprint density at radius 2 is 1.56 bits per heavy atom. The maximum Gasteiger partial charge on any atom is 0.321 e. The number of pyridine rings is 1. The number of likely N-dealkylation sites (N-methyl/N-ethyl adjacent to an activating group) is 1. The topological polar surface area (TPSA) is 98.2 Å². The zero-order valence-corrected chi connectivity index (χ0v) is 20.6. The first kappa shape index (κ1) is 22.9. The maximum atomic E-state index is 6.41. The molecule has 0 spiro atoms. The summed E-state index contributed by atoms with van der Waals surface area (Å²) >= 11 is 0. The van der Waals surface area contributed by atoms with E-state index in [2.05, 4.69) is 36.5 Å². The van der Waals surface area contributed by atoms with Gasteiger partial charge in [-0.15, -0.1) is 0 Å². The van der Waals surface area contributed by atoms with Gasteiger partial charge in [-0.25, -0.2) is 9.97 Å². The highest BCUT2D eigenvalue weighted by Crippen LogP contribution is 2.37. The first-order valence-corrected chi connectivity index (χ1v) is 12.8. The number of aromatic nitrogens is 5. The van der Waals surface area contributed by atoms with Crippen LogP contribution in [0.2, 0.25) is 0 Å². The molecule has 2 aliphatic rings. The second-order valence-electron chi connectivity index (χ2n) is 9.89. The van der Waals surface area contributed by atoms with E-state index >= 15 is 0 Å². The summed E-state index contributed by atoms with van der Waals surface area (Å²) in [6.07, 6.45) is 11.6. The van der Waals surface area contributed by atoms with Crippen LogP contribution in [0, 0.1) is 0 Å². The quantitative estimate of drug-likeness (QED) is 0.454. The lowest BCUT2D eigenvalue weighted by atomic mass is 9.90. The Kier molecular flexibility index (Phi) is 6.25. The molecule has 1 aliphatic heterocycles. The standard InChI is InChI=1S/C27H32N8O/c1-33-11-13-34(14-12-33)20-7-9-21(10-8-20)35-24-18-29-17-23(28)25(24)26(32-35)19-15-30-27(31-16-19)36-22-5-3-2-4-6-22/h2-6,15-18,20-21H,7-14,28H2,1H3. The molecule has 4 aromatic rings. The van der Waals surface area contributed by atoms with Crippen LogP contribution in [-0.4, -0.2) is 73.8 Å². The smallest absolute Gasteiger partial charge is 0.321 e. The highest BCUT2D eigenvalue weighted by molar-refractivity contribution is 6.00. The third kappa shape index (κ3) is 4.52. The van der Waals surface area contributed by atoms with Gasteiger partial charge >= 0.3 is 6.01 Å². The molecule has 0 radical (unpaired) electrons. The van der Waals surface area contributed by atoms with Gasteiger partial charge in [0.25, 0.3) is 0 Å². The summed E-state index contributed by atoms with van der Waals surface area (Å²) in [4.78, 5) is 18.3. The molecular formula is C27H32N8O. The van der Waals surface area contributed by atoms with Gasteiger partial charge in [0, 0.05) is 50.2 Å². The average Bonchev–Trinajstić information content (AvgIpc) is 3.31. The Morgan fingerprint density at radius 3 is 2.28 bits per heavy atom. The van der Waals surface area contributed by atoms with E-state index in [0.717, 1.165) is 48.1 Å². The van der Waals surface area contributed by atoms with Crippen LogP contribution in [0.3, 0.4) is 0 Å². The van der Waals surface area contributed by atoms with Gasteiger partial charge in [-0.2, -0.15) is 5.10 Å². The number of anilines is 1. The van der Waals surface area contributed by atoms with Crippen LogP contribution in [0.25, 0.3) is 22.2 Å². The molecule has 2 fully saturated rings. The van der Waals surface area contributed by atoms with Crippen LogP contribution in [0.15, 0.2) is 55.1 Å². The third-order valence-corrected chi connectivity index (χ3v) is 7.57. The van der Waals surface area contributed by atoms with Gasteiger partial charge in [0.05, 0.1) is 35.0 Å². The summed E-state index contributed by atoms with van der Waals surface area (Å²) in [5.74, 6) is 0.697.